The van der Waals surface area contributed by atoms with Crippen molar-refractivity contribution in [3.8, 4) is 17.2 Å². The van der Waals surface area contributed by atoms with Crippen molar-refractivity contribution >= 4 is 28.8 Å². The van der Waals surface area contributed by atoms with E-state index in [1.54, 1.807) is 35.6 Å². The summed E-state index contributed by atoms with van der Waals surface area (Å²) in [5, 5.41) is 28.1. The van der Waals surface area contributed by atoms with Crippen LogP contribution in [0, 0.1) is 11.3 Å². The van der Waals surface area contributed by atoms with E-state index >= 15 is 0 Å². The molecule has 0 aliphatic carbocycles. The van der Waals surface area contributed by atoms with E-state index in [0.717, 1.165) is 11.1 Å². The number of para-hydroxylation sites is 1. The van der Waals surface area contributed by atoms with Crippen molar-refractivity contribution in [2.24, 2.45) is 0 Å². The summed E-state index contributed by atoms with van der Waals surface area (Å²) in [6.45, 7) is -0.107. The molecule has 7 heteroatoms. The number of nitrogens with zero attached hydrogens (tertiary/aromatic N) is 1. The largest absolute Gasteiger partial charge is 0.387 e. The second-order valence-corrected chi connectivity index (χ2v) is 6.75. The minimum atomic E-state index is -0.945. The number of carbonyl (C=O) groups is 2. The lowest BCUT2D eigenvalue weighted by molar-refractivity contribution is -0.136. The van der Waals surface area contributed by atoms with Gasteiger partial charge in [0.05, 0.1) is 17.4 Å². The molecule has 2 aromatic carbocycles. The normalized spacial score (nSPS) is 11.3. The Labute approximate surface area is 166 Å². The number of hydrogen-bond donors (Lipinski definition) is 3. The van der Waals surface area contributed by atoms with Crippen molar-refractivity contribution in [1.29, 1.82) is 5.26 Å². The van der Waals surface area contributed by atoms with Crippen LogP contribution in [-0.2, 0) is 9.59 Å². The highest BCUT2D eigenvalue weighted by molar-refractivity contribution is 7.08. The highest BCUT2D eigenvalue weighted by Crippen LogP contribution is 2.24. The van der Waals surface area contributed by atoms with Gasteiger partial charge in [-0.1, -0.05) is 36.4 Å². The van der Waals surface area contributed by atoms with E-state index < -0.39 is 17.9 Å². The molecule has 0 fully saturated rings. The summed E-state index contributed by atoms with van der Waals surface area (Å²) in [4.78, 5) is 24.0. The summed E-state index contributed by atoms with van der Waals surface area (Å²) >= 11 is 1.61. The maximum absolute atomic E-state index is 12.0. The van der Waals surface area contributed by atoms with E-state index in [1.807, 2.05) is 35.0 Å². The molecule has 0 saturated carbocycles. The monoisotopic (exact) mass is 391 g/mol. The van der Waals surface area contributed by atoms with Crippen LogP contribution < -0.4 is 10.6 Å². The van der Waals surface area contributed by atoms with Gasteiger partial charge < -0.3 is 15.7 Å². The van der Waals surface area contributed by atoms with Crippen molar-refractivity contribution < 1.29 is 14.7 Å². The fourth-order valence-corrected chi connectivity index (χ4v) is 3.25. The third-order valence-electron chi connectivity index (χ3n) is 4.11. The zero-order valence-corrected chi connectivity index (χ0v) is 15.6. The molecule has 3 rings (SSSR count). The SMILES string of the molecule is N#Cc1ccccc1NC(=O)C(=O)NC[C@@H](O)c1ccc(-c2ccsc2)cc1. The molecule has 0 saturated heterocycles. The van der Waals surface area contributed by atoms with Crippen molar-refractivity contribution in [2.75, 3.05) is 11.9 Å². The Balaban J connectivity index is 1.55. The summed E-state index contributed by atoms with van der Waals surface area (Å²) in [5.41, 5.74) is 3.30. The van der Waals surface area contributed by atoms with Crippen LogP contribution in [0.4, 0.5) is 5.69 Å². The Morgan fingerprint density at radius 3 is 2.46 bits per heavy atom. The number of amides is 2. The molecule has 0 radical (unpaired) electrons. The highest BCUT2D eigenvalue weighted by atomic mass is 32.1. The van der Waals surface area contributed by atoms with Gasteiger partial charge in [0.2, 0.25) is 0 Å². The van der Waals surface area contributed by atoms with Crippen LogP contribution >= 0.6 is 11.3 Å². The number of aliphatic hydroxyl groups is 1. The maximum atomic E-state index is 12.0. The molecule has 1 atom stereocenters. The first kappa shape index (κ1) is 19.3. The Morgan fingerprint density at radius 2 is 1.79 bits per heavy atom. The molecule has 1 heterocycles. The second kappa shape index (κ2) is 8.95. The van der Waals surface area contributed by atoms with Crippen LogP contribution in [0.2, 0.25) is 0 Å². The van der Waals surface area contributed by atoms with E-state index in [0.29, 0.717) is 5.56 Å². The summed E-state index contributed by atoms with van der Waals surface area (Å²) in [6, 6.07) is 17.7. The zero-order valence-electron chi connectivity index (χ0n) is 14.8. The molecule has 6 nitrogen and oxygen atoms in total. The number of hydrogen-bond acceptors (Lipinski definition) is 5. The summed E-state index contributed by atoms with van der Waals surface area (Å²) in [5.74, 6) is -1.79. The Morgan fingerprint density at radius 1 is 1.04 bits per heavy atom. The lowest BCUT2D eigenvalue weighted by atomic mass is 10.0. The second-order valence-electron chi connectivity index (χ2n) is 5.97. The van der Waals surface area contributed by atoms with Crippen molar-refractivity contribution in [2.45, 2.75) is 6.10 Å². The standard InChI is InChI=1S/C21H17N3O3S/c22-11-16-3-1-2-4-18(16)24-21(27)20(26)23-12-19(25)15-7-5-14(6-8-15)17-9-10-28-13-17/h1-10,13,19,25H,12H2,(H,23,26)(H,24,27)/t19-/m1/s1. The topological polar surface area (TPSA) is 102 Å². The Kier molecular flexibility index (Phi) is 6.17. The molecule has 1 aromatic heterocycles. The molecule has 2 amide bonds. The molecule has 3 aromatic rings. The molecule has 0 bridgehead atoms. The minimum absolute atomic E-state index is 0.107. The number of carbonyl (C=O) groups excluding carboxylic acids is 2. The van der Waals surface area contributed by atoms with Gasteiger partial charge >= 0.3 is 11.8 Å². The molecule has 140 valence electrons. The first-order chi connectivity index (χ1) is 13.6. The van der Waals surface area contributed by atoms with Gasteiger partial charge in [-0.15, -0.1) is 0 Å². The summed E-state index contributed by atoms with van der Waals surface area (Å²) in [6.07, 6.45) is -0.945. The lowest BCUT2D eigenvalue weighted by Gasteiger charge is -2.13. The highest BCUT2D eigenvalue weighted by Gasteiger charge is 2.17. The van der Waals surface area contributed by atoms with Gasteiger partial charge in [-0.05, 0) is 45.6 Å². The van der Waals surface area contributed by atoms with Crippen LogP contribution in [-0.4, -0.2) is 23.5 Å². The number of nitriles is 1. The van der Waals surface area contributed by atoms with E-state index in [-0.39, 0.29) is 17.8 Å². The number of benzene rings is 2. The lowest BCUT2D eigenvalue weighted by Crippen LogP contribution is -2.37. The minimum Gasteiger partial charge on any atom is -0.387 e. The Bertz CT molecular complexity index is 1010. The van der Waals surface area contributed by atoms with Gasteiger partial charge in [-0.2, -0.15) is 16.6 Å². The molecule has 28 heavy (non-hydrogen) atoms. The first-order valence-corrected chi connectivity index (χ1v) is 9.41. The fraction of sp³-hybridized carbons (Fsp3) is 0.0952. The van der Waals surface area contributed by atoms with E-state index in [1.165, 1.54) is 12.1 Å². The molecule has 0 aliphatic heterocycles. The number of rotatable bonds is 5. The van der Waals surface area contributed by atoms with E-state index in [2.05, 4.69) is 10.6 Å². The van der Waals surface area contributed by atoms with Crippen molar-refractivity contribution in [3.05, 3.63) is 76.5 Å². The van der Waals surface area contributed by atoms with Crippen LogP contribution in [0.5, 0.6) is 0 Å². The Hall–Kier alpha value is -3.47. The average molecular weight is 391 g/mol. The fourth-order valence-electron chi connectivity index (χ4n) is 2.58. The van der Waals surface area contributed by atoms with Crippen molar-refractivity contribution in [3.63, 3.8) is 0 Å². The van der Waals surface area contributed by atoms with Gasteiger partial charge in [0, 0.05) is 6.54 Å². The van der Waals surface area contributed by atoms with Crippen molar-refractivity contribution in [1.82, 2.24) is 5.32 Å². The van der Waals surface area contributed by atoms with Crippen LogP contribution in [0.3, 0.4) is 0 Å². The average Bonchev–Trinajstić information content (AvgIpc) is 3.27. The number of anilines is 1. The van der Waals surface area contributed by atoms with Gasteiger partial charge in [0.15, 0.2) is 0 Å². The number of thiophene rings is 1. The third-order valence-corrected chi connectivity index (χ3v) is 4.79. The molecular formula is C21H17N3O3S. The first-order valence-electron chi connectivity index (χ1n) is 8.47. The van der Waals surface area contributed by atoms with E-state index in [4.69, 9.17) is 5.26 Å². The summed E-state index contributed by atoms with van der Waals surface area (Å²) in [7, 11) is 0. The molecule has 3 N–H and O–H groups in total. The predicted octanol–water partition coefficient (Wildman–Crippen LogP) is 3.08. The van der Waals surface area contributed by atoms with Crippen LogP contribution in [0.25, 0.3) is 11.1 Å². The van der Waals surface area contributed by atoms with E-state index in [9.17, 15) is 14.7 Å². The predicted molar refractivity (Wildman–Crippen MR) is 108 cm³/mol. The molecular weight excluding hydrogens is 374 g/mol. The summed E-state index contributed by atoms with van der Waals surface area (Å²) < 4.78 is 0. The molecule has 0 unspecified atom stereocenters. The quantitative estimate of drug-likeness (QED) is 0.582. The van der Waals surface area contributed by atoms with Crippen LogP contribution in [0.1, 0.15) is 17.2 Å². The van der Waals surface area contributed by atoms with Gasteiger partial charge in [-0.25, -0.2) is 0 Å². The number of aliphatic hydroxyl groups excluding tert-OH is 1. The van der Waals surface area contributed by atoms with Crippen LogP contribution in [0.15, 0.2) is 65.4 Å². The smallest absolute Gasteiger partial charge is 0.313 e. The van der Waals surface area contributed by atoms with Gasteiger partial charge in [0.1, 0.15) is 6.07 Å². The number of nitrogens with one attached hydrogen (secondary N) is 2. The zero-order chi connectivity index (χ0) is 19.9. The maximum Gasteiger partial charge on any atom is 0.313 e. The molecule has 0 aliphatic rings. The van der Waals surface area contributed by atoms with Gasteiger partial charge in [0.25, 0.3) is 0 Å². The third kappa shape index (κ3) is 4.62. The molecule has 0 spiro atoms. The van der Waals surface area contributed by atoms with Gasteiger partial charge in [-0.3, -0.25) is 9.59 Å².